The molecule has 5 heteroatoms. The lowest BCUT2D eigenvalue weighted by Crippen LogP contribution is -2.43. The van der Waals surface area contributed by atoms with Crippen LogP contribution in [0.4, 0.5) is 0 Å². The molecular formula is C10H14N4S. The summed E-state index contributed by atoms with van der Waals surface area (Å²) in [7, 11) is 0. The van der Waals surface area contributed by atoms with Crippen molar-refractivity contribution in [3.63, 3.8) is 0 Å². The lowest BCUT2D eigenvalue weighted by Gasteiger charge is -2.27. The SMILES string of the molecule is SC1=CC=NC2=CN(C3CCCC3)NN12. The highest BCUT2D eigenvalue weighted by Gasteiger charge is 2.29. The van der Waals surface area contributed by atoms with Gasteiger partial charge in [-0.05, 0) is 18.9 Å². The first-order valence-electron chi connectivity index (χ1n) is 5.34. The number of fused-ring (bicyclic) bond motifs is 1. The molecule has 0 aromatic carbocycles. The smallest absolute Gasteiger partial charge is 0.167 e. The maximum Gasteiger partial charge on any atom is 0.167 e. The second kappa shape index (κ2) is 3.57. The number of hydrogen-bond donors (Lipinski definition) is 2. The molecule has 15 heavy (non-hydrogen) atoms. The van der Waals surface area contributed by atoms with Crippen molar-refractivity contribution in [3.05, 3.63) is 23.1 Å². The lowest BCUT2D eigenvalue weighted by molar-refractivity contribution is 0.123. The average molecular weight is 222 g/mol. The number of hydrogen-bond acceptors (Lipinski definition) is 5. The topological polar surface area (TPSA) is 30.9 Å². The van der Waals surface area contributed by atoms with E-state index in [-0.39, 0.29) is 0 Å². The molecule has 0 atom stereocenters. The zero-order valence-electron chi connectivity index (χ0n) is 8.43. The summed E-state index contributed by atoms with van der Waals surface area (Å²) in [5.41, 5.74) is 3.30. The van der Waals surface area contributed by atoms with Crippen LogP contribution >= 0.6 is 12.6 Å². The minimum atomic E-state index is 0.611. The third-order valence-electron chi connectivity index (χ3n) is 3.08. The fourth-order valence-corrected chi connectivity index (χ4v) is 2.48. The predicted octanol–water partition coefficient (Wildman–Crippen LogP) is 1.62. The van der Waals surface area contributed by atoms with E-state index in [4.69, 9.17) is 0 Å². The van der Waals surface area contributed by atoms with E-state index in [1.807, 2.05) is 11.1 Å². The van der Waals surface area contributed by atoms with Crippen LogP contribution in [0.3, 0.4) is 0 Å². The minimum absolute atomic E-state index is 0.611. The normalized spacial score (nSPS) is 25.7. The zero-order valence-corrected chi connectivity index (χ0v) is 9.32. The molecule has 3 rings (SSSR count). The van der Waals surface area contributed by atoms with Crippen molar-refractivity contribution in [3.8, 4) is 0 Å². The van der Waals surface area contributed by atoms with Gasteiger partial charge in [-0.15, -0.1) is 18.2 Å². The van der Waals surface area contributed by atoms with Gasteiger partial charge in [0, 0.05) is 12.3 Å². The molecule has 0 radical (unpaired) electrons. The van der Waals surface area contributed by atoms with Gasteiger partial charge in [-0.3, -0.25) is 5.01 Å². The van der Waals surface area contributed by atoms with E-state index in [2.05, 4.69) is 34.4 Å². The summed E-state index contributed by atoms with van der Waals surface area (Å²) >= 11 is 4.38. The van der Waals surface area contributed by atoms with Gasteiger partial charge in [0.25, 0.3) is 0 Å². The zero-order chi connectivity index (χ0) is 10.3. The molecule has 1 fully saturated rings. The van der Waals surface area contributed by atoms with Crippen molar-refractivity contribution < 1.29 is 0 Å². The van der Waals surface area contributed by atoms with Crippen LogP contribution in [0.1, 0.15) is 25.7 Å². The van der Waals surface area contributed by atoms with Crippen LogP contribution in [0.25, 0.3) is 0 Å². The van der Waals surface area contributed by atoms with Gasteiger partial charge < -0.3 is 0 Å². The van der Waals surface area contributed by atoms with Gasteiger partial charge in [-0.25, -0.2) is 10.0 Å². The van der Waals surface area contributed by atoms with E-state index < -0.39 is 0 Å². The van der Waals surface area contributed by atoms with Gasteiger partial charge in [0.2, 0.25) is 0 Å². The van der Waals surface area contributed by atoms with Gasteiger partial charge in [-0.1, -0.05) is 12.8 Å². The van der Waals surface area contributed by atoms with E-state index in [0.717, 1.165) is 10.9 Å². The maximum atomic E-state index is 4.38. The number of allylic oxidation sites excluding steroid dienone is 1. The Labute approximate surface area is 94.7 Å². The highest BCUT2D eigenvalue weighted by molar-refractivity contribution is 7.84. The van der Waals surface area contributed by atoms with E-state index >= 15 is 0 Å². The maximum absolute atomic E-state index is 4.38. The fraction of sp³-hybridized carbons (Fsp3) is 0.500. The fourth-order valence-electron chi connectivity index (χ4n) is 2.26. The quantitative estimate of drug-likeness (QED) is 0.661. The molecule has 1 N–H and O–H groups in total. The van der Waals surface area contributed by atoms with Gasteiger partial charge in [-0.2, -0.15) is 0 Å². The van der Waals surface area contributed by atoms with E-state index in [1.54, 1.807) is 6.21 Å². The highest BCUT2D eigenvalue weighted by Crippen LogP contribution is 2.29. The molecule has 0 unspecified atom stereocenters. The molecule has 2 aliphatic heterocycles. The van der Waals surface area contributed by atoms with Crippen molar-refractivity contribution in [1.29, 1.82) is 0 Å². The van der Waals surface area contributed by atoms with Gasteiger partial charge in [0.1, 0.15) is 0 Å². The van der Waals surface area contributed by atoms with Crippen molar-refractivity contribution in [2.24, 2.45) is 4.99 Å². The Morgan fingerprint density at radius 3 is 2.93 bits per heavy atom. The van der Waals surface area contributed by atoms with Crippen molar-refractivity contribution in [2.75, 3.05) is 0 Å². The number of nitrogens with zero attached hydrogens (tertiary/aromatic N) is 3. The third-order valence-corrected chi connectivity index (χ3v) is 3.43. The van der Waals surface area contributed by atoms with E-state index in [1.165, 1.54) is 25.7 Å². The molecule has 3 aliphatic rings. The van der Waals surface area contributed by atoms with Crippen LogP contribution in [0.2, 0.25) is 0 Å². The molecule has 2 heterocycles. The average Bonchev–Trinajstić information content (AvgIpc) is 2.86. The molecule has 80 valence electrons. The summed E-state index contributed by atoms with van der Waals surface area (Å²) in [4.78, 5) is 4.30. The van der Waals surface area contributed by atoms with E-state index in [0.29, 0.717) is 6.04 Å². The Balaban J connectivity index is 1.79. The molecule has 0 spiro atoms. The summed E-state index contributed by atoms with van der Waals surface area (Å²) < 4.78 is 0. The van der Waals surface area contributed by atoms with Crippen LogP contribution in [-0.4, -0.2) is 22.3 Å². The molecule has 0 saturated heterocycles. The van der Waals surface area contributed by atoms with E-state index in [9.17, 15) is 0 Å². The van der Waals surface area contributed by atoms with Crippen LogP contribution in [-0.2, 0) is 0 Å². The molecular weight excluding hydrogens is 208 g/mol. The monoisotopic (exact) mass is 222 g/mol. The highest BCUT2D eigenvalue weighted by atomic mass is 32.1. The lowest BCUT2D eigenvalue weighted by atomic mass is 10.2. The number of nitrogens with one attached hydrogen (secondary N) is 1. The van der Waals surface area contributed by atoms with Gasteiger partial charge >= 0.3 is 0 Å². The number of thiol groups is 1. The van der Waals surface area contributed by atoms with Crippen LogP contribution < -0.4 is 5.53 Å². The second-order valence-electron chi connectivity index (χ2n) is 4.07. The largest absolute Gasteiger partial charge is 0.291 e. The Morgan fingerprint density at radius 2 is 2.20 bits per heavy atom. The van der Waals surface area contributed by atoms with Crippen molar-refractivity contribution in [2.45, 2.75) is 31.7 Å². The Bertz CT molecular complexity index is 354. The standard InChI is InChI=1S/C10H14N4S/c15-10-5-6-11-9-7-13(12-14(9)10)8-3-1-2-4-8/h5-8,12,15H,1-4H2. The third kappa shape index (κ3) is 1.55. The summed E-state index contributed by atoms with van der Waals surface area (Å²) in [6.45, 7) is 0. The van der Waals surface area contributed by atoms with Crippen LogP contribution in [0, 0.1) is 0 Å². The number of rotatable bonds is 1. The minimum Gasteiger partial charge on any atom is -0.291 e. The van der Waals surface area contributed by atoms with Gasteiger partial charge in [0.05, 0.1) is 11.2 Å². The first-order valence-corrected chi connectivity index (χ1v) is 5.79. The molecule has 0 amide bonds. The Hall–Kier alpha value is -0.940. The molecule has 0 bridgehead atoms. The molecule has 0 aromatic rings. The Morgan fingerprint density at radius 1 is 1.40 bits per heavy atom. The first-order chi connectivity index (χ1) is 7.34. The molecule has 4 nitrogen and oxygen atoms in total. The molecule has 0 aromatic heterocycles. The van der Waals surface area contributed by atoms with Crippen LogP contribution in [0.5, 0.6) is 0 Å². The van der Waals surface area contributed by atoms with Crippen molar-refractivity contribution in [1.82, 2.24) is 15.6 Å². The summed E-state index contributed by atoms with van der Waals surface area (Å²) in [5.74, 6) is 0.925. The summed E-state index contributed by atoms with van der Waals surface area (Å²) in [6.07, 6.45) is 10.9. The predicted molar refractivity (Wildman–Crippen MR) is 62.7 cm³/mol. The molecule has 1 aliphatic carbocycles. The first kappa shape index (κ1) is 9.30. The van der Waals surface area contributed by atoms with Crippen LogP contribution in [0.15, 0.2) is 28.1 Å². The van der Waals surface area contributed by atoms with Gasteiger partial charge in [0.15, 0.2) is 5.82 Å². The Kier molecular flexibility index (Phi) is 2.21. The number of aliphatic imine (C=N–C) groups is 1. The second-order valence-corrected chi connectivity index (χ2v) is 4.53. The van der Waals surface area contributed by atoms with Crippen molar-refractivity contribution >= 4 is 18.8 Å². The molecule has 1 saturated carbocycles. The number of hydrazine groups is 2. The summed E-state index contributed by atoms with van der Waals surface area (Å²) in [6, 6.07) is 0.611. The summed E-state index contributed by atoms with van der Waals surface area (Å²) in [5, 5.41) is 4.95.